The lowest BCUT2D eigenvalue weighted by atomic mass is 10.2. The second-order valence-corrected chi connectivity index (χ2v) is 5.65. The van der Waals surface area contributed by atoms with E-state index in [4.69, 9.17) is 0 Å². The summed E-state index contributed by atoms with van der Waals surface area (Å²) in [5.41, 5.74) is 4.49. The van der Waals surface area contributed by atoms with Crippen LogP contribution in [0.1, 0.15) is 0 Å². The normalized spacial score (nSPS) is 11.4. The first kappa shape index (κ1) is 15.0. The molecule has 3 aromatic heterocycles. The van der Waals surface area contributed by atoms with Crippen LogP contribution in [0.25, 0.3) is 27.9 Å². The third kappa shape index (κ3) is 2.83. The monoisotopic (exact) mass is 327 g/mol. The summed E-state index contributed by atoms with van der Waals surface area (Å²) in [6.45, 7) is 7.60. The first-order valence-corrected chi connectivity index (χ1v) is 7.92. The number of hydrogen-bond acceptors (Lipinski definition) is 3. The largest absolute Gasteiger partial charge is 0.353 e. The van der Waals surface area contributed by atoms with E-state index in [0.29, 0.717) is 5.82 Å². The topological polar surface area (TPSA) is 58.0 Å². The third-order valence-electron chi connectivity index (χ3n) is 3.89. The van der Waals surface area contributed by atoms with Crippen LogP contribution in [0.3, 0.4) is 0 Å². The maximum atomic E-state index is 4.63. The summed E-state index contributed by atoms with van der Waals surface area (Å²) in [6.07, 6.45) is 7.18. The Morgan fingerprint density at radius 2 is 2.08 bits per heavy atom. The summed E-state index contributed by atoms with van der Waals surface area (Å²) in [4.78, 5) is 7.86. The molecule has 0 saturated heterocycles. The molecule has 0 atom stereocenters. The molecule has 4 rings (SSSR count). The van der Waals surface area contributed by atoms with E-state index in [1.165, 1.54) is 0 Å². The molecule has 0 spiro atoms. The van der Waals surface area contributed by atoms with E-state index in [1.54, 1.807) is 6.08 Å². The van der Waals surface area contributed by atoms with Crippen molar-refractivity contribution in [2.24, 2.45) is 0 Å². The molecular formula is C20H17N5. The summed E-state index contributed by atoms with van der Waals surface area (Å²) in [7, 11) is 0. The van der Waals surface area contributed by atoms with Gasteiger partial charge in [0.15, 0.2) is 11.5 Å². The molecule has 0 amide bonds. The fourth-order valence-corrected chi connectivity index (χ4v) is 2.73. The van der Waals surface area contributed by atoms with Gasteiger partial charge in [0.2, 0.25) is 0 Å². The highest BCUT2D eigenvalue weighted by molar-refractivity contribution is 5.85. The standard InChI is InChI=1S/C20H17N5/c1-3-4-7-14(2)22-19-10-11-20-21-13-18(25(20)24-19)17-12-15-8-5-6-9-16(15)23-17/h3-13,23H,1-2H2,(H,22,24)/b7-4-. The average Bonchev–Trinajstić information content (AvgIpc) is 3.23. The van der Waals surface area contributed by atoms with E-state index < -0.39 is 0 Å². The molecule has 1 aromatic carbocycles. The minimum Gasteiger partial charge on any atom is -0.353 e. The number of aromatic amines is 1. The molecule has 25 heavy (non-hydrogen) atoms. The highest BCUT2D eigenvalue weighted by Crippen LogP contribution is 2.24. The van der Waals surface area contributed by atoms with Crippen molar-refractivity contribution in [1.29, 1.82) is 0 Å². The van der Waals surface area contributed by atoms with Gasteiger partial charge in [0.25, 0.3) is 0 Å². The number of hydrogen-bond donors (Lipinski definition) is 2. The fraction of sp³-hybridized carbons (Fsp3) is 0. The van der Waals surface area contributed by atoms with Crippen molar-refractivity contribution < 1.29 is 0 Å². The molecule has 0 saturated carbocycles. The van der Waals surface area contributed by atoms with Crippen LogP contribution in [0.5, 0.6) is 0 Å². The van der Waals surface area contributed by atoms with Gasteiger partial charge in [-0.25, -0.2) is 9.50 Å². The lowest BCUT2D eigenvalue weighted by molar-refractivity contribution is 0.943. The van der Waals surface area contributed by atoms with Gasteiger partial charge in [0, 0.05) is 16.6 Å². The lowest BCUT2D eigenvalue weighted by Crippen LogP contribution is -2.02. The van der Waals surface area contributed by atoms with Crippen molar-refractivity contribution in [3.05, 3.63) is 85.7 Å². The summed E-state index contributed by atoms with van der Waals surface area (Å²) in [6, 6.07) is 14.1. The zero-order valence-electron chi connectivity index (χ0n) is 13.6. The van der Waals surface area contributed by atoms with Gasteiger partial charge in [0.1, 0.15) is 5.69 Å². The molecule has 5 heteroatoms. The fourth-order valence-electron chi connectivity index (χ4n) is 2.73. The van der Waals surface area contributed by atoms with Crippen molar-refractivity contribution in [2.75, 3.05) is 5.32 Å². The van der Waals surface area contributed by atoms with Crippen LogP contribution >= 0.6 is 0 Å². The Morgan fingerprint density at radius 3 is 2.92 bits per heavy atom. The van der Waals surface area contributed by atoms with Crippen LogP contribution in [0, 0.1) is 0 Å². The first-order valence-electron chi connectivity index (χ1n) is 7.92. The number of benzene rings is 1. The second kappa shape index (κ2) is 6.13. The number of anilines is 1. The molecular weight excluding hydrogens is 310 g/mol. The predicted octanol–water partition coefficient (Wildman–Crippen LogP) is 4.55. The summed E-state index contributed by atoms with van der Waals surface area (Å²) >= 11 is 0. The number of aromatic nitrogens is 4. The number of H-pyrrole nitrogens is 1. The minimum atomic E-state index is 0.696. The van der Waals surface area contributed by atoms with E-state index in [0.717, 1.165) is 33.6 Å². The first-order chi connectivity index (χ1) is 12.2. The predicted molar refractivity (Wildman–Crippen MR) is 102 cm³/mol. The highest BCUT2D eigenvalue weighted by Gasteiger charge is 2.10. The summed E-state index contributed by atoms with van der Waals surface area (Å²) in [5.74, 6) is 0.696. The molecule has 0 radical (unpaired) electrons. The van der Waals surface area contributed by atoms with Crippen LogP contribution in [-0.4, -0.2) is 19.6 Å². The van der Waals surface area contributed by atoms with Gasteiger partial charge in [0.05, 0.1) is 11.9 Å². The molecule has 0 fully saturated rings. The molecule has 0 unspecified atom stereocenters. The van der Waals surface area contributed by atoms with E-state index in [9.17, 15) is 0 Å². The van der Waals surface area contributed by atoms with Gasteiger partial charge in [-0.05, 0) is 30.3 Å². The third-order valence-corrected chi connectivity index (χ3v) is 3.89. The van der Waals surface area contributed by atoms with Crippen LogP contribution < -0.4 is 5.32 Å². The molecule has 0 aliphatic rings. The lowest BCUT2D eigenvalue weighted by Gasteiger charge is -2.06. The quantitative estimate of drug-likeness (QED) is 0.529. The molecule has 0 aliphatic heterocycles. The Hall–Kier alpha value is -3.60. The van der Waals surface area contributed by atoms with Crippen molar-refractivity contribution in [3.8, 4) is 11.4 Å². The van der Waals surface area contributed by atoms with E-state index in [-0.39, 0.29) is 0 Å². The van der Waals surface area contributed by atoms with Crippen LogP contribution in [-0.2, 0) is 0 Å². The molecule has 0 bridgehead atoms. The van der Waals surface area contributed by atoms with Gasteiger partial charge in [-0.2, -0.15) is 0 Å². The number of para-hydroxylation sites is 1. The molecule has 0 aliphatic carbocycles. The number of imidazole rings is 1. The number of fused-ring (bicyclic) bond motifs is 2. The zero-order chi connectivity index (χ0) is 17.2. The van der Waals surface area contributed by atoms with E-state index in [1.807, 2.05) is 47.1 Å². The highest BCUT2D eigenvalue weighted by atomic mass is 15.3. The van der Waals surface area contributed by atoms with Gasteiger partial charge in [-0.1, -0.05) is 43.5 Å². The van der Waals surface area contributed by atoms with Gasteiger partial charge in [-0.15, -0.1) is 5.10 Å². The number of nitrogens with one attached hydrogen (secondary N) is 2. The van der Waals surface area contributed by atoms with Crippen LogP contribution in [0.15, 0.2) is 85.7 Å². The summed E-state index contributed by atoms with van der Waals surface area (Å²) < 4.78 is 1.82. The van der Waals surface area contributed by atoms with Gasteiger partial charge in [-0.3, -0.25) is 0 Å². The van der Waals surface area contributed by atoms with Crippen LogP contribution in [0.2, 0.25) is 0 Å². The van der Waals surface area contributed by atoms with E-state index >= 15 is 0 Å². The molecule has 5 nitrogen and oxygen atoms in total. The Labute approximate surface area is 145 Å². The molecule has 122 valence electrons. The van der Waals surface area contributed by atoms with Crippen LogP contribution in [0.4, 0.5) is 5.82 Å². The number of allylic oxidation sites excluding steroid dienone is 3. The molecule has 2 N–H and O–H groups in total. The van der Waals surface area contributed by atoms with Gasteiger partial charge >= 0.3 is 0 Å². The molecule has 4 aromatic rings. The Morgan fingerprint density at radius 1 is 1.20 bits per heavy atom. The SMILES string of the molecule is C=C/C=C\C(=C)Nc1ccc2ncc(-c3cc4ccccc4[nH]3)n2n1. The average molecular weight is 327 g/mol. The smallest absolute Gasteiger partial charge is 0.154 e. The summed E-state index contributed by atoms with van der Waals surface area (Å²) in [5, 5.41) is 8.95. The number of nitrogens with zero attached hydrogens (tertiary/aromatic N) is 3. The van der Waals surface area contributed by atoms with Crippen molar-refractivity contribution in [2.45, 2.75) is 0 Å². The Balaban J connectivity index is 1.74. The second-order valence-electron chi connectivity index (χ2n) is 5.65. The maximum absolute atomic E-state index is 4.63. The zero-order valence-corrected chi connectivity index (χ0v) is 13.6. The van der Waals surface area contributed by atoms with E-state index in [2.05, 4.69) is 51.7 Å². The number of rotatable bonds is 5. The van der Waals surface area contributed by atoms with Crippen molar-refractivity contribution >= 4 is 22.4 Å². The minimum absolute atomic E-state index is 0.696. The molecule has 3 heterocycles. The maximum Gasteiger partial charge on any atom is 0.154 e. The Kier molecular flexibility index (Phi) is 3.67. The van der Waals surface area contributed by atoms with Crippen molar-refractivity contribution in [3.63, 3.8) is 0 Å². The van der Waals surface area contributed by atoms with Gasteiger partial charge < -0.3 is 10.3 Å². The Bertz CT molecular complexity index is 1080. The van der Waals surface area contributed by atoms with Crippen molar-refractivity contribution in [1.82, 2.24) is 19.6 Å².